The fraction of sp³-hybridized carbons (Fsp3) is 0.571. The molecule has 2 aliphatic carbocycles. The predicted molar refractivity (Wildman–Crippen MR) is 63.0 cm³/mol. The zero-order chi connectivity index (χ0) is 10.3. The summed E-state index contributed by atoms with van der Waals surface area (Å²) in [7, 11) is 0. The van der Waals surface area contributed by atoms with Gasteiger partial charge in [0.05, 0.1) is 0 Å². The molecule has 0 heterocycles. The Balaban J connectivity index is 1.81. The summed E-state index contributed by atoms with van der Waals surface area (Å²) in [5, 5.41) is 3.80. The molecule has 0 amide bonds. The Morgan fingerprint density at radius 1 is 1.13 bits per heavy atom. The molecule has 1 aromatic rings. The second-order valence-corrected chi connectivity index (χ2v) is 5.11. The first-order chi connectivity index (χ1) is 7.34. The summed E-state index contributed by atoms with van der Waals surface area (Å²) in [4.78, 5) is 0. The van der Waals surface area contributed by atoms with Crippen LogP contribution in [0.4, 0.5) is 0 Å². The number of benzene rings is 1. The predicted octanol–water partition coefficient (Wildman–Crippen LogP) is 3.38. The third-order valence-corrected chi connectivity index (χ3v) is 4.03. The van der Waals surface area contributed by atoms with Crippen molar-refractivity contribution < 1.29 is 0 Å². The maximum Gasteiger partial charge on any atom is 0.0331 e. The summed E-state index contributed by atoms with van der Waals surface area (Å²) >= 11 is 0. The van der Waals surface area contributed by atoms with E-state index in [1.807, 2.05) is 0 Å². The highest BCUT2D eigenvalue weighted by Gasteiger charge is 2.30. The third-order valence-electron chi connectivity index (χ3n) is 4.03. The molecule has 2 unspecified atom stereocenters. The Kier molecular flexibility index (Phi) is 2.28. The normalized spacial score (nSPS) is 29.9. The minimum absolute atomic E-state index is 0.626. The first-order valence-corrected chi connectivity index (χ1v) is 6.19. The molecule has 0 aromatic heterocycles. The van der Waals surface area contributed by atoms with Crippen LogP contribution in [0.3, 0.4) is 0 Å². The van der Waals surface area contributed by atoms with Crippen molar-refractivity contribution in [1.29, 1.82) is 0 Å². The van der Waals surface area contributed by atoms with Gasteiger partial charge in [0, 0.05) is 12.1 Å². The molecule has 1 aromatic carbocycles. The Morgan fingerprint density at radius 2 is 1.87 bits per heavy atom. The Morgan fingerprint density at radius 3 is 2.53 bits per heavy atom. The lowest BCUT2D eigenvalue weighted by Gasteiger charge is -2.30. The van der Waals surface area contributed by atoms with Crippen molar-refractivity contribution in [3.8, 4) is 0 Å². The maximum absolute atomic E-state index is 3.80. The number of hydrogen-bond acceptors (Lipinski definition) is 1. The van der Waals surface area contributed by atoms with Crippen LogP contribution in [0.2, 0.25) is 0 Å². The number of hydrogen-bond donors (Lipinski definition) is 1. The van der Waals surface area contributed by atoms with Crippen LogP contribution in [-0.4, -0.2) is 6.04 Å². The first kappa shape index (κ1) is 9.41. The van der Waals surface area contributed by atoms with Gasteiger partial charge in [-0.25, -0.2) is 0 Å². The van der Waals surface area contributed by atoms with E-state index in [0.29, 0.717) is 6.04 Å². The SMILES string of the molecule is CC1CC(NC2CCC2)c2ccccc21. The summed E-state index contributed by atoms with van der Waals surface area (Å²) in [6.07, 6.45) is 5.47. The van der Waals surface area contributed by atoms with Gasteiger partial charge in [0.15, 0.2) is 0 Å². The van der Waals surface area contributed by atoms with E-state index in [1.54, 1.807) is 11.1 Å². The molecule has 2 aliphatic rings. The van der Waals surface area contributed by atoms with Crippen molar-refractivity contribution in [3.63, 3.8) is 0 Å². The summed E-state index contributed by atoms with van der Waals surface area (Å²) in [5.41, 5.74) is 3.12. The molecule has 0 bridgehead atoms. The number of nitrogens with one attached hydrogen (secondary N) is 1. The molecule has 15 heavy (non-hydrogen) atoms. The van der Waals surface area contributed by atoms with E-state index in [-0.39, 0.29) is 0 Å². The van der Waals surface area contributed by atoms with E-state index in [9.17, 15) is 0 Å². The van der Waals surface area contributed by atoms with Crippen LogP contribution in [0, 0.1) is 0 Å². The summed E-state index contributed by atoms with van der Waals surface area (Å²) in [6, 6.07) is 10.4. The van der Waals surface area contributed by atoms with Crippen LogP contribution in [0.15, 0.2) is 24.3 Å². The number of rotatable bonds is 2. The summed E-state index contributed by atoms with van der Waals surface area (Å²) in [6.45, 7) is 2.35. The standard InChI is InChI=1S/C14H19N/c1-10-9-14(15-11-5-4-6-11)13-8-3-2-7-12(10)13/h2-3,7-8,10-11,14-15H,4-6,9H2,1H3. The van der Waals surface area contributed by atoms with Crippen molar-refractivity contribution in [2.75, 3.05) is 0 Å². The molecular weight excluding hydrogens is 182 g/mol. The molecule has 0 radical (unpaired) electrons. The molecule has 3 rings (SSSR count). The number of fused-ring (bicyclic) bond motifs is 1. The molecule has 0 saturated heterocycles. The van der Waals surface area contributed by atoms with Crippen molar-refractivity contribution in [1.82, 2.24) is 5.32 Å². The van der Waals surface area contributed by atoms with E-state index < -0.39 is 0 Å². The zero-order valence-electron chi connectivity index (χ0n) is 9.37. The van der Waals surface area contributed by atoms with Gasteiger partial charge in [0.1, 0.15) is 0 Å². The lowest BCUT2D eigenvalue weighted by Crippen LogP contribution is -2.37. The Bertz CT molecular complexity index is 354. The molecular formula is C14H19N. The van der Waals surface area contributed by atoms with E-state index in [1.165, 1.54) is 25.7 Å². The van der Waals surface area contributed by atoms with Crippen molar-refractivity contribution >= 4 is 0 Å². The zero-order valence-corrected chi connectivity index (χ0v) is 9.37. The minimum atomic E-state index is 0.626. The van der Waals surface area contributed by atoms with Crippen molar-refractivity contribution in [2.45, 2.75) is 50.6 Å². The van der Waals surface area contributed by atoms with Gasteiger partial charge in [-0.2, -0.15) is 0 Å². The highest BCUT2D eigenvalue weighted by atomic mass is 15.0. The highest BCUT2D eigenvalue weighted by molar-refractivity contribution is 5.37. The van der Waals surface area contributed by atoms with Crippen LogP contribution >= 0.6 is 0 Å². The first-order valence-electron chi connectivity index (χ1n) is 6.19. The second-order valence-electron chi connectivity index (χ2n) is 5.11. The average molecular weight is 201 g/mol. The monoisotopic (exact) mass is 201 g/mol. The summed E-state index contributed by atoms with van der Waals surface area (Å²) in [5.74, 6) is 0.735. The van der Waals surface area contributed by atoms with E-state index >= 15 is 0 Å². The largest absolute Gasteiger partial charge is 0.307 e. The van der Waals surface area contributed by atoms with E-state index in [2.05, 4.69) is 36.5 Å². The molecule has 0 spiro atoms. The van der Waals surface area contributed by atoms with Crippen molar-refractivity contribution in [3.05, 3.63) is 35.4 Å². The molecule has 1 heteroatoms. The second kappa shape index (κ2) is 3.64. The van der Waals surface area contributed by atoms with Gasteiger partial charge in [0.2, 0.25) is 0 Å². The molecule has 1 fully saturated rings. The van der Waals surface area contributed by atoms with Gasteiger partial charge in [-0.3, -0.25) is 0 Å². The highest BCUT2D eigenvalue weighted by Crippen LogP contribution is 2.40. The maximum atomic E-state index is 3.80. The molecule has 0 aliphatic heterocycles. The van der Waals surface area contributed by atoms with Gasteiger partial charge in [-0.05, 0) is 36.3 Å². The van der Waals surface area contributed by atoms with E-state index in [4.69, 9.17) is 0 Å². The quantitative estimate of drug-likeness (QED) is 0.773. The molecule has 1 N–H and O–H groups in total. The lowest BCUT2D eigenvalue weighted by atomic mass is 9.92. The van der Waals surface area contributed by atoms with E-state index in [0.717, 1.165) is 12.0 Å². The van der Waals surface area contributed by atoms with Gasteiger partial charge >= 0.3 is 0 Å². The van der Waals surface area contributed by atoms with Crippen LogP contribution < -0.4 is 5.32 Å². The van der Waals surface area contributed by atoms with Gasteiger partial charge in [0.25, 0.3) is 0 Å². The van der Waals surface area contributed by atoms with Crippen LogP contribution in [-0.2, 0) is 0 Å². The van der Waals surface area contributed by atoms with Crippen LogP contribution in [0.25, 0.3) is 0 Å². The van der Waals surface area contributed by atoms with Crippen molar-refractivity contribution in [2.24, 2.45) is 0 Å². The van der Waals surface area contributed by atoms with Gasteiger partial charge < -0.3 is 5.32 Å². The topological polar surface area (TPSA) is 12.0 Å². The van der Waals surface area contributed by atoms with Gasteiger partial charge in [-0.1, -0.05) is 37.6 Å². The van der Waals surface area contributed by atoms with Crippen LogP contribution in [0.1, 0.15) is 55.7 Å². The fourth-order valence-corrected chi connectivity index (χ4v) is 2.90. The lowest BCUT2D eigenvalue weighted by molar-refractivity contribution is 0.301. The van der Waals surface area contributed by atoms with Gasteiger partial charge in [-0.15, -0.1) is 0 Å². The molecule has 80 valence electrons. The Hall–Kier alpha value is -0.820. The average Bonchev–Trinajstić information content (AvgIpc) is 2.51. The molecule has 1 saturated carbocycles. The Labute approximate surface area is 91.9 Å². The summed E-state index contributed by atoms with van der Waals surface area (Å²) < 4.78 is 0. The molecule has 1 nitrogen and oxygen atoms in total. The van der Waals surface area contributed by atoms with Crippen LogP contribution in [0.5, 0.6) is 0 Å². The fourth-order valence-electron chi connectivity index (χ4n) is 2.90. The molecule has 2 atom stereocenters. The smallest absolute Gasteiger partial charge is 0.0331 e. The third kappa shape index (κ3) is 1.59. The minimum Gasteiger partial charge on any atom is -0.307 e.